The van der Waals surface area contributed by atoms with Crippen LogP contribution in [0.25, 0.3) is 5.65 Å². The van der Waals surface area contributed by atoms with E-state index in [1.807, 2.05) is 24.4 Å². The van der Waals surface area contributed by atoms with E-state index in [1.54, 1.807) is 0 Å². The van der Waals surface area contributed by atoms with E-state index >= 15 is 0 Å². The van der Waals surface area contributed by atoms with Crippen LogP contribution in [0.3, 0.4) is 0 Å². The van der Waals surface area contributed by atoms with Gasteiger partial charge in [0.1, 0.15) is 11.6 Å². The first-order valence-electron chi connectivity index (χ1n) is 6.99. The molecule has 3 heterocycles. The Morgan fingerprint density at radius 1 is 1.24 bits per heavy atom. The molecule has 0 amide bonds. The molecule has 8 nitrogen and oxygen atoms in total. The van der Waals surface area contributed by atoms with Gasteiger partial charge in [-0.15, -0.1) is 14.8 Å². The van der Waals surface area contributed by atoms with Crippen molar-refractivity contribution < 1.29 is 0 Å². The Morgan fingerprint density at radius 3 is 3.10 bits per heavy atom. The van der Waals surface area contributed by atoms with Crippen molar-refractivity contribution in [3.8, 4) is 0 Å². The van der Waals surface area contributed by atoms with Crippen molar-refractivity contribution in [1.29, 1.82) is 0 Å². The summed E-state index contributed by atoms with van der Waals surface area (Å²) in [6.07, 6.45) is 5.12. The van der Waals surface area contributed by atoms with Gasteiger partial charge in [0.05, 0.1) is 0 Å². The second-order valence-corrected chi connectivity index (χ2v) is 5.09. The molecule has 0 bridgehead atoms. The molecule has 0 aromatic carbocycles. The van der Waals surface area contributed by atoms with Gasteiger partial charge in [0.25, 0.3) is 0 Å². The Balaban J connectivity index is 1.39. The average molecular weight is 282 g/mol. The van der Waals surface area contributed by atoms with Gasteiger partial charge in [0.2, 0.25) is 0 Å². The maximum Gasteiger partial charge on any atom is 0.200 e. The summed E-state index contributed by atoms with van der Waals surface area (Å²) in [7, 11) is 0. The number of hydrogen-bond acceptors (Lipinski definition) is 7. The number of aromatic nitrogens is 7. The first-order chi connectivity index (χ1) is 10.4. The molecule has 1 N–H and O–H groups in total. The van der Waals surface area contributed by atoms with Gasteiger partial charge in [0, 0.05) is 30.8 Å². The quantitative estimate of drug-likeness (QED) is 0.741. The summed E-state index contributed by atoms with van der Waals surface area (Å²) in [6.45, 7) is 0.717. The second kappa shape index (κ2) is 5.04. The van der Waals surface area contributed by atoms with Crippen LogP contribution in [0, 0.1) is 0 Å². The molecule has 0 unspecified atom stereocenters. The van der Waals surface area contributed by atoms with E-state index in [0.29, 0.717) is 11.6 Å². The van der Waals surface area contributed by atoms with Crippen molar-refractivity contribution in [2.24, 2.45) is 0 Å². The van der Waals surface area contributed by atoms with Gasteiger partial charge in [-0.3, -0.25) is 0 Å². The molecule has 0 atom stereocenters. The van der Waals surface area contributed by atoms with Crippen LogP contribution >= 0.6 is 0 Å². The van der Waals surface area contributed by atoms with Crippen LogP contribution < -0.4 is 5.32 Å². The van der Waals surface area contributed by atoms with Gasteiger partial charge >= 0.3 is 0 Å². The normalized spacial score (nSPS) is 14.5. The molecule has 3 aromatic rings. The number of hydrogen-bond donors (Lipinski definition) is 1. The standard InChI is InChI=1S/C13H14N8/c1-2-9(1)10-5-7-14-11(16-10)6-8-15-12-3-4-13-17-19-20-21(13)18-12/h3-5,7,9H,1-2,6,8H2,(H,15,18). The molecule has 1 fully saturated rings. The van der Waals surface area contributed by atoms with E-state index in [2.05, 4.69) is 35.9 Å². The Kier molecular flexibility index (Phi) is 2.91. The minimum Gasteiger partial charge on any atom is -0.368 e. The number of fused-ring (bicyclic) bond motifs is 1. The monoisotopic (exact) mass is 282 g/mol. The Labute approximate surface area is 120 Å². The third kappa shape index (κ3) is 2.64. The van der Waals surface area contributed by atoms with E-state index in [4.69, 9.17) is 0 Å². The number of nitrogens with one attached hydrogen (secondary N) is 1. The summed E-state index contributed by atoms with van der Waals surface area (Å²) in [5.74, 6) is 2.26. The van der Waals surface area contributed by atoms with Gasteiger partial charge in [0.15, 0.2) is 5.65 Å². The molecule has 4 rings (SSSR count). The molecular weight excluding hydrogens is 268 g/mol. The van der Waals surface area contributed by atoms with E-state index in [9.17, 15) is 0 Å². The lowest BCUT2D eigenvalue weighted by Crippen LogP contribution is -2.10. The highest BCUT2D eigenvalue weighted by atomic mass is 15.6. The molecule has 0 spiro atoms. The fourth-order valence-electron chi connectivity index (χ4n) is 2.19. The lowest BCUT2D eigenvalue weighted by atomic mass is 10.2. The Morgan fingerprint density at radius 2 is 2.19 bits per heavy atom. The molecule has 0 aliphatic heterocycles. The molecule has 8 heteroatoms. The van der Waals surface area contributed by atoms with Gasteiger partial charge < -0.3 is 5.32 Å². The summed E-state index contributed by atoms with van der Waals surface area (Å²) in [5, 5.41) is 18.6. The van der Waals surface area contributed by atoms with Crippen molar-refractivity contribution in [3.63, 3.8) is 0 Å². The maximum absolute atomic E-state index is 4.60. The largest absolute Gasteiger partial charge is 0.368 e. The number of tetrazole rings is 1. The SMILES string of the molecule is c1cc(C2CC2)nc(CCNc2ccc3nnnn3n2)n1. The molecule has 1 aliphatic rings. The third-order valence-electron chi connectivity index (χ3n) is 3.45. The summed E-state index contributed by atoms with van der Waals surface area (Å²) < 4.78 is 1.40. The molecule has 1 aliphatic carbocycles. The predicted octanol–water partition coefficient (Wildman–Crippen LogP) is 0.841. The summed E-state index contributed by atoms with van der Waals surface area (Å²) in [6, 6.07) is 5.69. The van der Waals surface area contributed by atoms with Gasteiger partial charge in [-0.25, -0.2) is 9.97 Å². The maximum atomic E-state index is 4.60. The zero-order valence-electron chi connectivity index (χ0n) is 11.3. The molecule has 106 valence electrons. The number of anilines is 1. The van der Waals surface area contributed by atoms with Gasteiger partial charge in [-0.1, -0.05) is 0 Å². The Bertz CT molecular complexity index is 763. The molecule has 0 saturated heterocycles. The smallest absolute Gasteiger partial charge is 0.200 e. The van der Waals surface area contributed by atoms with Gasteiger partial charge in [-0.2, -0.15) is 0 Å². The fourth-order valence-corrected chi connectivity index (χ4v) is 2.19. The molecule has 1 saturated carbocycles. The summed E-state index contributed by atoms with van der Waals surface area (Å²) in [4.78, 5) is 8.91. The van der Waals surface area contributed by atoms with E-state index < -0.39 is 0 Å². The van der Waals surface area contributed by atoms with Crippen LogP contribution in [0.4, 0.5) is 5.82 Å². The Hall–Kier alpha value is -2.64. The fraction of sp³-hybridized carbons (Fsp3) is 0.385. The first kappa shape index (κ1) is 12.1. The third-order valence-corrected chi connectivity index (χ3v) is 3.45. The second-order valence-electron chi connectivity index (χ2n) is 5.09. The van der Waals surface area contributed by atoms with Gasteiger partial charge in [-0.05, 0) is 41.5 Å². The van der Waals surface area contributed by atoms with Crippen molar-refractivity contribution in [3.05, 3.63) is 35.9 Å². The minimum atomic E-state index is 0.626. The van der Waals surface area contributed by atoms with Crippen LogP contribution in [0.5, 0.6) is 0 Å². The zero-order chi connectivity index (χ0) is 14.1. The first-order valence-corrected chi connectivity index (χ1v) is 6.99. The molecule has 3 aromatic heterocycles. The molecule has 21 heavy (non-hydrogen) atoms. The van der Waals surface area contributed by atoms with E-state index in [-0.39, 0.29) is 0 Å². The highest BCUT2D eigenvalue weighted by Crippen LogP contribution is 2.38. The predicted molar refractivity (Wildman–Crippen MR) is 74.8 cm³/mol. The highest BCUT2D eigenvalue weighted by Gasteiger charge is 2.24. The zero-order valence-corrected chi connectivity index (χ0v) is 11.3. The topological polar surface area (TPSA) is 93.8 Å². The van der Waals surface area contributed by atoms with Crippen molar-refractivity contribution in [1.82, 2.24) is 35.2 Å². The van der Waals surface area contributed by atoms with Crippen LogP contribution in [0.15, 0.2) is 24.4 Å². The molecule has 0 radical (unpaired) electrons. The number of rotatable bonds is 5. The molecular formula is C13H14N8. The summed E-state index contributed by atoms with van der Waals surface area (Å²) >= 11 is 0. The van der Waals surface area contributed by atoms with Crippen LogP contribution in [0.2, 0.25) is 0 Å². The highest BCUT2D eigenvalue weighted by molar-refractivity contribution is 5.42. The van der Waals surface area contributed by atoms with E-state index in [1.165, 1.54) is 23.2 Å². The summed E-state index contributed by atoms with van der Waals surface area (Å²) in [5.41, 5.74) is 1.80. The lowest BCUT2D eigenvalue weighted by molar-refractivity contribution is 0.732. The lowest BCUT2D eigenvalue weighted by Gasteiger charge is -2.05. The van der Waals surface area contributed by atoms with Crippen molar-refractivity contribution >= 4 is 11.5 Å². The van der Waals surface area contributed by atoms with Crippen molar-refractivity contribution in [2.45, 2.75) is 25.2 Å². The minimum absolute atomic E-state index is 0.626. The van der Waals surface area contributed by atoms with E-state index in [0.717, 1.165) is 24.6 Å². The average Bonchev–Trinajstić information content (AvgIpc) is 3.26. The van der Waals surface area contributed by atoms with Crippen LogP contribution in [0.1, 0.15) is 30.3 Å². The van der Waals surface area contributed by atoms with Crippen molar-refractivity contribution in [2.75, 3.05) is 11.9 Å². The number of nitrogens with zero attached hydrogens (tertiary/aromatic N) is 7. The van der Waals surface area contributed by atoms with Crippen LogP contribution in [-0.2, 0) is 6.42 Å². The van der Waals surface area contributed by atoms with Crippen LogP contribution in [-0.4, -0.2) is 41.8 Å².